The second-order valence-corrected chi connectivity index (χ2v) is 8.79. The minimum Gasteiger partial charge on any atom is -0.356 e. The van der Waals surface area contributed by atoms with Crippen molar-refractivity contribution in [1.29, 1.82) is 0 Å². The smallest absolute Gasteiger partial charge is 0.271 e. The van der Waals surface area contributed by atoms with Crippen LogP contribution in [0, 0.1) is 11.7 Å². The van der Waals surface area contributed by atoms with E-state index < -0.39 is 0 Å². The molecule has 1 N–H and O–H groups in total. The number of amides is 1. The number of hydrogen-bond donors (Lipinski definition) is 1. The van der Waals surface area contributed by atoms with Gasteiger partial charge in [0.2, 0.25) is 0 Å². The van der Waals surface area contributed by atoms with E-state index in [-0.39, 0.29) is 11.7 Å². The van der Waals surface area contributed by atoms with E-state index in [1.807, 2.05) is 17.3 Å². The van der Waals surface area contributed by atoms with Gasteiger partial charge in [-0.2, -0.15) is 5.10 Å². The number of rotatable bonds is 1. The summed E-state index contributed by atoms with van der Waals surface area (Å²) < 4.78 is 15.6. The third-order valence-corrected chi connectivity index (χ3v) is 6.57. The third-order valence-electron chi connectivity index (χ3n) is 6.57. The van der Waals surface area contributed by atoms with E-state index in [0.29, 0.717) is 36.1 Å². The van der Waals surface area contributed by atoms with Crippen molar-refractivity contribution in [1.82, 2.24) is 30.0 Å². The Morgan fingerprint density at radius 3 is 2.94 bits per heavy atom. The number of pyridine rings is 1. The highest BCUT2D eigenvalue weighted by molar-refractivity contribution is 5.99. The van der Waals surface area contributed by atoms with Crippen LogP contribution in [0.25, 0.3) is 5.65 Å². The van der Waals surface area contributed by atoms with Crippen LogP contribution in [-0.4, -0.2) is 56.2 Å². The molecular formula is C22H24FN7O. The Morgan fingerprint density at radius 1 is 1.16 bits per heavy atom. The van der Waals surface area contributed by atoms with Crippen molar-refractivity contribution in [3.63, 3.8) is 0 Å². The van der Waals surface area contributed by atoms with E-state index in [4.69, 9.17) is 4.98 Å². The predicted octanol–water partition coefficient (Wildman–Crippen LogP) is 2.00. The van der Waals surface area contributed by atoms with Gasteiger partial charge in [-0.05, 0) is 49.3 Å². The zero-order valence-corrected chi connectivity index (χ0v) is 17.2. The molecule has 5 heterocycles. The number of halogens is 1. The van der Waals surface area contributed by atoms with Crippen LogP contribution in [0.2, 0.25) is 0 Å². The molecule has 1 saturated carbocycles. The molecule has 3 aliphatic rings. The Morgan fingerprint density at radius 2 is 2.06 bits per heavy atom. The van der Waals surface area contributed by atoms with Crippen LogP contribution in [0.15, 0.2) is 30.7 Å². The Bertz CT molecular complexity index is 1160. The average Bonchev–Trinajstić information content (AvgIpc) is 3.35. The summed E-state index contributed by atoms with van der Waals surface area (Å²) in [6.07, 6.45) is 9.32. The van der Waals surface area contributed by atoms with Gasteiger partial charge in [-0.25, -0.2) is 18.9 Å². The first-order chi connectivity index (χ1) is 15.1. The molecule has 1 atom stereocenters. The summed E-state index contributed by atoms with van der Waals surface area (Å²) in [4.78, 5) is 24.5. The normalized spacial score (nSPS) is 22.3. The predicted molar refractivity (Wildman–Crippen MR) is 112 cm³/mol. The molecule has 9 heteroatoms. The van der Waals surface area contributed by atoms with E-state index in [0.717, 1.165) is 55.8 Å². The highest BCUT2D eigenvalue weighted by Gasteiger charge is 2.32. The Balaban J connectivity index is 1.40. The third kappa shape index (κ3) is 3.52. The van der Waals surface area contributed by atoms with Gasteiger partial charge in [0, 0.05) is 44.0 Å². The molecule has 4 bridgehead atoms. The lowest BCUT2D eigenvalue weighted by atomic mass is 9.96. The number of fused-ring (bicyclic) bond motifs is 5. The lowest BCUT2D eigenvalue weighted by molar-refractivity contribution is 0.0775. The first kappa shape index (κ1) is 18.7. The van der Waals surface area contributed by atoms with Crippen LogP contribution < -0.4 is 10.3 Å². The van der Waals surface area contributed by atoms with Gasteiger partial charge in [-0.3, -0.25) is 15.2 Å². The van der Waals surface area contributed by atoms with Crippen LogP contribution >= 0.6 is 0 Å². The first-order valence-corrected chi connectivity index (χ1v) is 10.9. The van der Waals surface area contributed by atoms with Gasteiger partial charge < -0.3 is 4.90 Å². The lowest BCUT2D eigenvalue weighted by Gasteiger charge is -2.23. The molecule has 1 aliphatic carbocycles. The van der Waals surface area contributed by atoms with Crippen molar-refractivity contribution in [2.75, 3.05) is 24.5 Å². The van der Waals surface area contributed by atoms with Crippen molar-refractivity contribution in [3.05, 3.63) is 53.4 Å². The second-order valence-electron chi connectivity index (χ2n) is 8.79. The molecule has 8 nitrogen and oxygen atoms in total. The van der Waals surface area contributed by atoms with Crippen LogP contribution in [0.1, 0.15) is 40.9 Å². The fraction of sp³-hybridized carbons (Fsp3) is 0.455. The van der Waals surface area contributed by atoms with Gasteiger partial charge in [0.25, 0.3) is 5.91 Å². The quantitative estimate of drug-likeness (QED) is 0.648. The summed E-state index contributed by atoms with van der Waals surface area (Å²) in [6, 6.07) is 3.90. The molecule has 3 aromatic heterocycles. The standard InChI is InChI=1S/C22H24FN7O/c23-16-10-15-9-14-3-6-28(13-14)20-5-8-30-21(26-20)18(12-25-30)22(31)27-29(17-1-2-17)7-4-19(15)24-11-16/h5,8,10-12,14,17H,1-4,6-7,9,13H2,(H,27,31). The number of aromatic nitrogens is 4. The summed E-state index contributed by atoms with van der Waals surface area (Å²) in [7, 11) is 0. The lowest BCUT2D eigenvalue weighted by Crippen LogP contribution is -2.45. The number of nitrogens with zero attached hydrogens (tertiary/aromatic N) is 6. The number of carbonyl (C=O) groups excluding carboxylic acids is 1. The topological polar surface area (TPSA) is 78.7 Å². The molecule has 2 fully saturated rings. The molecule has 31 heavy (non-hydrogen) atoms. The van der Waals surface area contributed by atoms with Crippen molar-refractivity contribution < 1.29 is 9.18 Å². The number of hydrogen-bond acceptors (Lipinski definition) is 6. The fourth-order valence-electron chi connectivity index (χ4n) is 4.76. The molecule has 0 aromatic carbocycles. The van der Waals surface area contributed by atoms with E-state index in [1.54, 1.807) is 16.8 Å². The zero-order valence-electron chi connectivity index (χ0n) is 17.2. The molecule has 1 unspecified atom stereocenters. The maximum Gasteiger partial charge on any atom is 0.271 e. The number of nitrogens with one attached hydrogen (secondary N) is 1. The molecule has 6 rings (SSSR count). The van der Waals surface area contributed by atoms with Crippen molar-refractivity contribution in [2.24, 2.45) is 5.92 Å². The SMILES string of the molecule is O=C1NN(C2CC2)CCc2ncc(F)cc2CC2CCN(C2)c2ccn3ncc1c3n2. The average molecular weight is 421 g/mol. The van der Waals surface area contributed by atoms with Crippen LogP contribution in [0.3, 0.4) is 0 Å². The zero-order chi connectivity index (χ0) is 20.9. The summed E-state index contributed by atoms with van der Waals surface area (Å²) in [5, 5.41) is 6.31. The van der Waals surface area contributed by atoms with Crippen LogP contribution in [0.4, 0.5) is 10.2 Å². The largest absolute Gasteiger partial charge is 0.356 e. The molecule has 1 saturated heterocycles. The van der Waals surface area contributed by atoms with Crippen molar-refractivity contribution in [3.8, 4) is 0 Å². The van der Waals surface area contributed by atoms with Crippen molar-refractivity contribution >= 4 is 17.4 Å². The van der Waals surface area contributed by atoms with Gasteiger partial charge >= 0.3 is 0 Å². The van der Waals surface area contributed by atoms with E-state index >= 15 is 0 Å². The first-order valence-electron chi connectivity index (χ1n) is 10.9. The highest BCUT2D eigenvalue weighted by Crippen LogP contribution is 2.29. The number of hydrazine groups is 1. The van der Waals surface area contributed by atoms with Crippen molar-refractivity contribution in [2.45, 2.75) is 38.1 Å². The van der Waals surface area contributed by atoms with Gasteiger partial charge in [0.15, 0.2) is 5.65 Å². The highest BCUT2D eigenvalue weighted by atomic mass is 19.1. The fourth-order valence-corrected chi connectivity index (χ4v) is 4.76. The summed E-state index contributed by atoms with van der Waals surface area (Å²) in [6.45, 7) is 2.37. The van der Waals surface area contributed by atoms with E-state index in [2.05, 4.69) is 20.4 Å². The van der Waals surface area contributed by atoms with Gasteiger partial charge in [0.05, 0.1) is 12.4 Å². The maximum atomic E-state index is 14.0. The van der Waals surface area contributed by atoms with Crippen LogP contribution in [0.5, 0.6) is 0 Å². The minimum atomic E-state index is -0.293. The molecule has 0 spiro atoms. The summed E-state index contributed by atoms with van der Waals surface area (Å²) in [5.41, 5.74) is 6.00. The monoisotopic (exact) mass is 421 g/mol. The molecule has 2 aliphatic heterocycles. The maximum absolute atomic E-state index is 14.0. The van der Waals surface area contributed by atoms with E-state index in [1.165, 1.54) is 6.20 Å². The molecule has 1 amide bonds. The molecular weight excluding hydrogens is 397 g/mol. The Labute approximate surface area is 179 Å². The van der Waals surface area contributed by atoms with Gasteiger partial charge in [-0.15, -0.1) is 0 Å². The Hall–Kier alpha value is -3.07. The van der Waals surface area contributed by atoms with E-state index in [9.17, 15) is 9.18 Å². The molecule has 160 valence electrons. The summed E-state index contributed by atoms with van der Waals surface area (Å²) >= 11 is 0. The summed E-state index contributed by atoms with van der Waals surface area (Å²) in [5.74, 6) is 0.761. The molecule has 3 aromatic rings. The number of anilines is 1. The van der Waals surface area contributed by atoms with Gasteiger partial charge in [0.1, 0.15) is 17.2 Å². The van der Waals surface area contributed by atoms with Crippen LogP contribution in [-0.2, 0) is 12.8 Å². The minimum absolute atomic E-state index is 0.201. The molecule has 0 radical (unpaired) electrons. The second kappa shape index (κ2) is 7.26. The van der Waals surface area contributed by atoms with Gasteiger partial charge in [-0.1, -0.05) is 0 Å². The number of carbonyl (C=O) groups is 1. The Kier molecular flexibility index (Phi) is 4.38.